The minimum atomic E-state index is -4.59. The fourth-order valence-electron chi connectivity index (χ4n) is 1.48. The minimum Gasteiger partial charge on any atom is -0.545 e. The van der Waals surface area contributed by atoms with Gasteiger partial charge in [-0.3, -0.25) is 4.48 Å². The van der Waals surface area contributed by atoms with Crippen molar-refractivity contribution in [3.8, 4) is 0 Å². The van der Waals surface area contributed by atoms with E-state index in [0.29, 0.717) is 6.07 Å². The SMILES string of the molecule is C[N+](C)(C)c1ccc(C(=O)[O-])cc1C(F)(F)F. The summed E-state index contributed by atoms with van der Waals surface area (Å²) in [6, 6.07) is 2.88. The average molecular weight is 247 g/mol. The van der Waals surface area contributed by atoms with E-state index in [1.165, 1.54) is 0 Å². The third kappa shape index (κ3) is 2.97. The second-order valence-corrected chi connectivity index (χ2v) is 4.53. The highest BCUT2D eigenvalue weighted by molar-refractivity contribution is 5.86. The molecule has 0 heterocycles. The van der Waals surface area contributed by atoms with E-state index in [0.717, 1.165) is 12.1 Å². The number of benzene rings is 1. The number of carboxylic acids is 1. The van der Waals surface area contributed by atoms with Crippen molar-refractivity contribution in [3.63, 3.8) is 0 Å². The molecule has 0 aromatic heterocycles. The van der Waals surface area contributed by atoms with E-state index in [1.54, 1.807) is 21.1 Å². The van der Waals surface area contributed by atoms with Gasteiger partial charge in [0, 0.05) is 6.07 Å². The maximum atomic E-state index is 12.8. The number of halogens is 3. The smallest absolute Gasteiger partial charge is 0.422 e. The minimum absolute atomic E-state index is 0.00231. The van der Waals surface area contributed by atoms with Crippen LogP contribution in [0.3, 0.4) is 0 Å². The van der Waals surface area contributed by atoms with E-state index in [9.17, 15) is 23.1 Å². The number of nitrogens with zero attached hydrogens (tertiary/aromatic N) is 1. The first-order valence-electron chi connectivity index (χ1n) is 4.78. The highest BCUT2D eigenvalue weighted by Gasteiger charge is 2.38. The molecule has 94 valence electrons. The Bertz CT molecular complexity index is 447. The van der Waals surface area contributed by atoms with Crippen molar-refractivity contribution in [2.24, 2.45) is 0 Å². The van der Waals surface area contributed by atoms with Crippen molar-refractivity contribution in [1.29, 1.82) is 0 Å². The van der Waals surface area contributed by atoms with Crippen LogP contribution in [0, 0.1) is 0 Å². The van der Waals surface area contributed by atoms with Gasteiger partial charge in [-0.2, -0.15) is 13.2 Å². The van der Waals surface area contributed by atoms with Crippen LogP contribution < -0.4 is 9.59 Å². The molecule has 3 nitrogen and oxygen atoms in total. The zero-order valence-corrected chi connectivity index (χ0v) is 9.63. The van der Waals surface area contributed by atoms with Gasteiger partial charge < -0.3 is 9.90 Å². The molecule has 0 fully saturated rings. The van der Waals surface area contributed by atoms with Crippen LogP contribution >= 0.6 is 0 Å². The fraction of sp³-hybridized carbons (Fsp3) is 0.364. The summed E-state index contributed by atoms with van der Waals surface area (Å²) in [7, 11) is 4.72. The topological polar surface area (TPSA) is 40.1 Å². The van der Waals surface area contributed by atoms with E-state index in [2.05, 4.69) is 0 Å². The maximum Gasteiger partial charge on any atom is 0.422 e. The number of carboxylic acid groups (broad SMARTS) is 1. The number of rotatable bonds is 2. The van der Waals surface area contributed by atoms with Gasteiger partial charge >= 0.3 is 6.18 Å². The summed E-state index contributed by atoms with van der Waals surface area (Å²) in [6.45, 7) is 0. The number of aromatic carboxylic acids is 1. The van der Waals surface area contributed by atoms with Gasteiger partial charge in [0.25, 0.3) is 0 Å². The first-order chi connectivity index (χ1) is 7.53. The lowest BCUT2D eigenvalue weighted by Gasteiger charge is -2.27. The van der Waals surface area contributed by atoms with Crippen LogP contribution in [0.1, 0.15) is 15.9 Å². The molecule has 0 spiro atoms. The monoisotopic (exact) mass is 247 g/mol. The maximum absolute atomic E-state index is 12.8. The summed E-state index contributed by atoms with van der Waals surface area (Å²) in [5.41, 5.74) is -1.43. The zero-order chi connectivity index (χ0) is 13.4. The van der Waals surface area contributed by atoms with Gasteiger partial charge in [0.15, 0.2) is 0 Å². The Labute approximate surface area is 96.7 Å². The molecule has 0 aliphatic heterocycles. The van der Waals surface area contributed by atoms with Crippen LogP contribution in [0.25, 0.3) is 0 Å². The first-order valence-corrected chi connectivity index (χ1v) is 4.78. The lowest BCUT2D eigenvalue weighted by atomic mass is 10.1. The average Bonchev–Trinajstić information content (AvgIpc) is 2.14. The lowest BCUT2D eigenvalue weighted by Crippen LogP contribution is -2.37. The van der Waals surface area contributed by atoms with Crippen LogP contribution in [0.5, 0.6) is 0 Å². The summed E-state index contributed by atoms with van der Waals surface area (Å²) in [5.74, 6) is -1.62. The van der Waals surface area contributed by atoms with E-state index < -0.39 is 23.3 Å². The van der Waals surface area contributed by atoms with Gasteiger partial charge in [0.2, 0.25) is 0 Å². The fourth-order valence-corrected chi connectivity index (χ4v) is 1.48. The number of quaternary nitrogens is 1. The van der Waals surface area contributed by atoms with Crippen LogP contribution in [0.15, 0.2) is 18.2 Å². The van der Waals surface area contributed by atoms with Gasteiger partial charge in [0.05, 0.1) is 27.1 Å². The Morgan fingerprint density at radius 1 is 1.24 bits per heavy atom. The van der Waals surface area contributed by atoms with Crippen molar-refractivity contribution >= 4 is 11.7 Å². The summed E-state index contributed by atoms with van der Waals surface area (Å²) in [4.78, 5) is 10.6. The molecular formula is C11H12F3NO2. The van der Waals surface area contributed by atoms with Gasteiger partial charge in [-0.05, 0) is 17.7 Å². The molecule has 0 N–H and O–H groups in total. The molecule has 0 bridgehead atoms. The molecular weight excluding hydrogens is 235 g/mol. The first kappa shape index (κ1) is 13.5. The normalized spacial score (nSPS) is 12.6. The highest BCUT2D eigenvalue weighted by Crippen LogP contribution is 2.38. The molecule has 1 aromatic carbocycles. The van der Waals surface area contributed by atoms with Crippen LogP contribution in [-0.2, 0) is 6.18 Å². The number of alkyl halides is 3. The van der Waals surface area contributed by atoms with Crippen LogP contribution in [0.2, 0.25) is 0 Å². The molecule has 17 heavy (non-hydrogen) atoms. The summed E-state index contributed by atoms with van der Waals surface area (Å²) in [5, 5.41) is 10.6. The summed E-state index contributed by atoms with van der Waals surface area (Å²) >= 11 is 0. The van der Waals surface area contributed by atoms with Gasteiger partial charge in [-0.25, -0.2) is 0 Å². The Morgan fingerprint density at radius 3 is 2.12 bits per heavy atom. The third-order valence-corrected chi connectivity index (χ3v) is 2.26. The number of hydrogen-bond acceptors (Lipinski definition) is 2. The molecule has 1 rings (SSSR count). The molecule has 6 heteroatoms. The van der Waals surface area contributed by atoms with E-state index in [4.69, 9.17) is 0 Å². The predicted octanol–water partition coefficient (Wildman–Crippen LogP) is 1.27. The zero-order valence-electron chi connectivity index (χ0n) is 9.63. The standard InChI is InChI=1S/C11H12F3NO2/c1-15(2,3)9-5-4-7(10(16)17)6-8(9)11(12,13)14/h4-6H,1-3H3. The van der Waals surface area contributed by atoms with Crippen LogP contribution in [-0.4, -0.2) is 27.1 Å². The summed E-state index contributed by atoms with van der Waals surface area (Å²) < 4.78 is 38.3. The van der Waals surface area contributed by atoms with Gasteiger partial charge in [-0.1, -0.05) is 0 Å². The molecule has 0 saturated carbocycles. The predicted molar refractivity (Wildman–Crippen MR) is 55.3 cm³/mol. The molecule has 0 saturated heterocycles. The van der Waals surface area contributed by atoms with E-state index in [-0.39, 0.29) is 10.2 Å². The molecule has 0 atom stereocenters. The Kier molecular flexibility index (Phi) is 3.20. The van der Waals surface area contributed by atoms with Crippen molar-refractivity contribution in [3.05, 3.63) is 29.3 Å². The molecule has 0 unspecified atom stereocenters. The second kappa shape index (κ2) is 4.03. The quantitative estimate of drug-likeness (QED) is 0.738. The Hall–Kier alpha value is -1.56. The molecule has 0 aliphatic rings. The largest absolute Gasteiger partial charge is 0.545 e. The van der Waals surface area contributed by atoms with Gasteiger partial charge in [0.1, 0.15) is 11.3 Å². The number of carbonyl (C=O) groups is 1. The molecule has 0 aliphatic carbocycles. The van der Waals surface area contributed by atoms with Crippen molar-refractivity contribution in [2.45, 2.75) is 6.18 Å². The van der Waals surface area contributed by atoms with Gasteiger partial charge in [-0.15, -0.1) is 0 Å². The highest BCUT2D eigenvalue weighted by atomic mass is 19.4. The van der Waals surface area contributed by atoms with Crippen molar-refractivity contribution < 1.29 is 23.1 Å². The van der Waals surface area contributed by atoms with Crippen molar-refractivity contribution in [1.82, 2.24) is 4.48 Å². The second-order valence-electron chi connectivity index (χ2n) is 4.53. The number of carbonyl (C=O) groups excluding carboxylic acids is 1. The third-order valence-electron chi connectivity index (χ3n) is 2.26. The summed E-state index contributed by atoms with van der Waals surface area (Å²) in [6.07, 6.45) is -4.59. The van der Waals surface area contributed by atoms with Crippen molar-refractivity contribution in [2.75, 3.05) is 21.1 Å². The number of hydrogen-bond donors (Lipinski definition) is 0. The van der Waals surface area contributed by atoms with E-state index in [1.807, 2.05) is 0 Å². The lowest BCUT2D eigenvalue weighted by molar-refractivity contribution is -0.255. The Balaban J connectivity index is 3.49. The Morgan fingerprint density at radius 2 is 1.76 bits per heavy atom. The molecule has 0 amide bonds. The van der Waals surface area contributed by atoms with Crippen LogP contribution in [0.4, 0.5) is 18.9 Å². The van der Waals surface area contributed by atoms with E-state index >= 15 is 0 Å². The molecule has 1 aromatic rings. The molecule has 0 radical (unpaired) electrons.